The normalized spacial score (nSPS) is 17.6. The molecule has 14 heavy (non-hydrogen) atoms. The van der Waals surface area contributed by atoms with Crippen molar-refractivity contribution in [2.75, 3.05) is 6.61 Å². The topological polar surface area (TPSA) is 26.3 Å². The van der Waals surface area contributed by atoms with Crippen molar-refractivity contribution in [2.45, 2.75) is 12.8 Å². The Bertz CT molecular complexity index is 444. The molecule has 0 saturated heterocycles. The first-order valence-electron chi connectivity index (χ1n) is 4.83. The molecule has 0 saturated carbocycles. The van der Waals surface area contributed by atoms with Gasteiger partial charge in [-0.3, -0.25) is 4.79 Å². The van der Waals surface area contributed by atoms with Gasteiger partial charge in [0.05, 0.1) is 6.61 Å². The summed E-state index contributed by atoms with van der Waals surface area (Å²) in [5.41, 5.74) is 3.47. The summed E-state index contributed by atoms with van der Waals surface area (Å²) in [6.45, 7) is 0.771. The lowest BCUT2D eigenvalue weighted by Gasteiger charge is -2.12. The van der Waals surface area contributed by atoms with E-state index in [1.54, 1.807) is 6.08 Å². The second kappa shape index (κ2) is 2.71. The van der Waals surface area contributed by atoms with Crippen LogP contribution in [-0.2, 0) is 17.6 Å². The van der Waals surface area contributed by atoms with Crippen LogP contribution in [0.25, 0.3) is 6.08 Å². The fourth-order valence-electron chi connectivity index (χ4n) is 2.08. The van der Waals surface area contributed by atoms with Crippen molar-refractivity contribution in [1.82, 2.24) is 0 Å². The summed E-state index contributed by atoms with van der Waals surface area (Å²) < 4.78 is 5.57. The van der Waals surface area contributed by atoms with E-state index in [1.165, 1.54) is 5.56 Å². The van der Waals surface area contributed by atoms with E-state index in [0.717, 1.165) is 29.9 Å². The van der Waals surface area contributed by atoms with Gasteiger partial charge in [0.15, 0.2) is 5.78 Å². The number of ether oxygens (including phenoxy) is 1. The first-order chi connectivity index (χ1) is 6.84. The standard InChI is InChI=1S/C12H10O2/c13-10-3-4-11-9(7-10)2-1-8-5-6-14-12(8)11/h1-4H,5-7H2. The quantitative estimate of drug-likeness (QED) is 0.617. The molecule has 0 bridgehead atoms. The Labute approximate surface area is 82.2 Å². The molecule has 1 aromatic carbocycles. The van der Waals surface area contributed by atoms with Gasteiger partial charge in [-0.1, -0.05) is 12.1 Å². The molecule has 2 nitrogen and oxygen atoms in total. The summed E-state index contributed by atoms with van der Waals surface area (Å²) in [7, 11) is 0. The SMILES string of the molecule is O=C1C=Cc2c(ccc3c2OCC3)C1. The van der Waals surface area contributed by atoms with Crippen molar-refractivity contribution >= 4 is 11.9 Å². The third kappa shape index (κ3) is 1.00. The molecule has 3 rings (SSSR count). The van der Waals surface area contributed by atoms with Gasteiger partial charge in [0.25, 0.3) is 0 Å². The molecule has 70 valence electrons. The van der Waals surface area contributed by atoms with Gasteiger partial charge in [0.1, 0.15) is 5.75 Å². The summed E-state index contributed by atoms with van der Waals surface area (Å²) in [5.74, 6) is 1.17. The molecule has 0 radical (unpaired) electrons. The van der Waals surface area contributed by atoms with Gasteiger partial charge in [-0.2, -0.15) is 0 Å². The average molecular weight is 186 g/mol. The highest BCUT2D eigenvalue weighted by atomic mass is 16.5. The van der Waals surface area contributed by atoms with Gasteiger partial charge >= 0.3 is 0 Å². The summed E-state index contributed by atoms with van der Waals surface area (Å²) in [4.78, 5) is 11.2. The highest BCUT2D eigenvalue weighted by Gasteiger charge is 2.20. The van der Waals surface area contributed by atoms with Gasteiger partial charge in [-0.05, 0) is 23.3 Å². The van der Waals surface area contributed by atoms with Crippen LogP contribution in [0.5, 0.6) is 5.75 Å². The predicted octanol–water partition coefficient (Wildman–Crippen LogP) is 1.76. The van der Waals surface area contributed by atoms with Crippen molar-refractivity contribution in [1.29, 1.82) is 0 Å². The number of hydrogen-bond donors (Lipinski definition) is 0. The molecule has 0 atom stereocenters. The molecule has 0 unspecified atom stereocenters. The van der Waals surface area contributed by atoms with E-state index < -0.39 is 0 Å². The minimum Gasteiger partial charge on any atom is -0.492 e. The van der Waals surface area contributed by atoms with Crippen LogP contribution in [0.2, 0.25) is 0 Å². The molecule has 0 N–H and O–H groups in total. The van der Waals surface area contributed by atoms with E-state index in [4.69, 9.17) is 4.74 Å². The Balaban J connectivity index is 2.22. The fourth-order valence-corrected chi connectivity index (χ4v) is 2.08. The van der Waals surface area contributed by atoms with Gasteiger partial charge in [0.2, 0.25) is 0 Å². The maximum absolute atomic E-state index is 11.2. The largest absolute Gasteiger partial charge is 0.492 e. The van der Waals surface area contributed by atoms with Crippen LogP contribution in [0.15, 0.2) is 18.2 Å². The predicted molar refractivity (Wildman–Crippen MR) is 53.4 cm³/mol. The maximum atomic E-state index is 11.2. The van der Waals surface area contributed by atoms with Gasteiger partial charge in [0, 0.05) is 18.4 Å². The molecule has 0 aromatic heterocycles. The number of ketones is 1. The van der Waals surface area contributed by atoms with Crippen LogP contribution >= 0.6 is 0 Å². The maximum Gasteiger partial charge on any atom is 0.160 e. The lowest BCUT2D eigenvalue weighted by Crippen LogP contribution is -2.06. The first-order valence-corrected chi connectivity index (χ1v) is 4.83. The van der Waals surface area contributed by atoms with Crippen molar-refractivity contribution in [3.63, 3.8) is 0 Å². The van der Waals surface area contributed by atoms with E-state index in [9.17, 15) is 4.79 Å². The molecular formula is C12H10O2. The van der Waals surface area contributed by atoms with Crippen LogP contribution in [0.3, 0.4) is 0 Å². The Morgan fingerprint density at radius 1 is 1.14 bits per heavy atom. The first kappa shape index (κ1) is 7.80. The number of benzene rings is 1. The Morgan fingerprint density at radius 2 is 2.00 bits per heavy atom. The van der Waals surface area contributed by atoms with Crippen molar-refractivity contribution in [3.8, 4) is 5.75 Å². The van der Waals surface area contributed by atoms with Gasteiger partial charge in [-0.25, -0.2) is 0 Å². The molecule has 0 spiro atoms. The van der Waals surface area contributed by atoms with Crippen molar-refractivity contribution in [2.24, 2.45) is 0 Å². The molecule has 0 amide bonds. The number of allylic oxidation sites excluding steroid dienone is 1. The zero-order valence-electron chi connectivity index (χ0n) is 7.75. The van der Waals surface area contributed by atoms with E-state index in [0.29, 0.717) is 6.42 Å². The van der Waals surface area contributed by atoms with Crippen LogP contribution in [-0.4, -0.2) is 12.4 Å². The van der Waals surface area contributed by atoms with Crippen LogP contribution < -0.4 is 4.74 Å². The molecule has 2 heteroatoms. The second-order valence-electron chi connectivity index (χ2n) is 3.70. The Morgan fingerprint density at radius 3 is 2.93 bits per heavy atom. The molecular weight excluding hydrogens is 176 g/mol. The van der Waals surface area contributed by atoms with E-state index in [2.05, 4.69) is 6.07 Å². The summed E-state index contributed by atoms with van der Waals surface area (Å²) >= 11 is 0. The molecule has 1 aromatic rings. The molecule has 1 heterocycles. The molecule has 2 aliphatic rings. The van der Waals surface area contributed by atoms with E-state index in [1.807, 2.05) is 12.1 Å². The van der Waals surface area contributed by atoms with E-state index in [-0.39, 0.29) is 5.78 Å². The van der Waals surface area contributed by atoms with Crippen LogP contribution in [0.4, 0.5) is 0 Å². The number of carbonyl (C=O) groups excluding carboxylic acids is 1. The zero-order chi connectivity index (χ0) is 9.54. The Hall–Kier alpha value is -1.57. The van der Waals surface area contributed by atoms with Crippen molar-refractivity contribution in [3.05, 3.63) is 34.9 Å². The van der Waals surface area contributed by atoms with Crippen LogP contribution in [0.1, 0.15) is 16.7 Å². The average Bonchev–Trinajstić information content (AvgIpc) is 2.65. The summed E-state index contributed by atoms with van der Waals surface area (Å²) in [5, 5.41) is 0. The number of hydrogen-bond acceptors (Lipinski definition) is 2. The molecule has 1 aliphatic carbocycles. The number of fused-ring (bicyclic) bond motifs is 3. The van der Waals surface area contributed by atoms with Crippen molar-refractivity contribution < 1.29 is 9.53 Å². The second-order valence-corrected chi connectivity index (χ2v) is 3.70. The van der Waals surface area contributed by atoms with E-state index >= 15 is 0 Å². The zero-order valence-corrected chi connectivity index (χ0v) is 7.75. The minimum absolute atomic E-state index is 0.176. The van der Waals surface area contributed by atoms with Gasteiger partial charge < -0.3 is 4.74 Å². The Kier molecular flexibility index (Phi) is 1.51. The highest BCUT2D eigenvalue weighted by molar-refractivity contribution is 5.99. The summed E-state index contributed by atoms with van der Waals surface area (Å²) in [6.07, 6.45) is 5.03. The smallest absolute Gasteiger partial charge is 0.160 e. The van der Waals surface area contributed by atoms with Gasteiger partial charge in [-0.15, -0.1) is 0 Å². The monoisotopic (exact) mass is 186 g/mol. The number of rotatable bonds is 0. The van der Waals surface area contributed by atoms with Crippen LogP contribution in [0, 0.1) is 0 Å². The molecule has 1 aliphatic heterocycles. The third-order valence-electron chi connectivity index (χ3n) is 2.79. The third-order valence-corrected chi connectivity index (χ3v) is 2.79. The summed E-state index contributed by atoms with van der Waals surface area (Å²) in [6, 6.07) is 4.12. The molecule has 0 fully saturated rings. The lowest BCUT2D eigenvalue weighted by atomic mass is 9.94. The lowest BCUT2D eigenvalue weighted by molar-refractivity contribution is -0.114. The minimum atomic E-state index is 0.176. The fraction of sp³-hybridized carbons (Fsp3) is 0.250. The highest BCUT2D eigenvalue weighted by Crippen LogP contribution is 2.34. The number of carbonyl (C=O) groups is 1.